The van der Waals surface area contributed by atoms with Crippen molar-refractivity contribution in [2.24, 2.45) is 5.92 Å². The first-order valence-corrected chi connectivity index (χ1v) is 6.53. The molecule has 3 N–H and O–H groups in total. The average Bonchev–Trinajstić information content (AvgIpc) is 3.11. The Kier molecular flexibility index (Phi) is 4.60. The lowest BCUT2D eigenvalue weighted by molar-refractivity contribution is -0.147. The number of hydrogen-bond acceptors (Lipinski definition) is 4. The molecule has 2 aliphatic rings. The number of carbonyl (C=O) groups excluding carboxylic acids is 1. The zero-order chi connectivity index (χ0) is 13.8. The Morgan fingerprint density at radius 2 is 2.16 bits per heavy atom. The molecule has 1 aliphatic heterocycles. The summed E-state index contributed by atoms with van der Waals surface area (Å²) in [6.07, 6.45) is 2.22. The highest BCUT2D eigenvalue weighted by atomic mass is 16.5. The van der Waals surface area contributed by atoms with E-state index in [1.54, 1.807) is 0 Å². The van der Waals surface area contributed by atoms with E-state index in [0.29, 0.717) is 12.5 Å². The molecule has 1 aliphatic carbocycles. The van der Waals surface area contributed by atoms with E-state index in [1.165, 1.54) is 7.11 Å². The molecular weight excluding hydrogens is 252 g/mol. The van der Waals surface area contributed by atoms with Gasteiger partial charge in [-0.15, -0.1) is 0 Å². The fourth-order valence-corrected chi connectivity index (χ4v) is 2.33. The van der Waals surface area contributed by atoms with Crippen molar-refractivity contribution in [3.05, 3.63) is 0 Å². The molecule has 1 saturated carbocycles. The summed E-state index contributed by atoms with van der Waals surface area (Å²) in [4.78, 5) is 22.4. The van der Waals surface area contributed by atoms with Crippen molar-refractivity contribution < 1.29 is 24.2 Å². The number of nitrogens with one attached hydrogen (secondary N) is 2. The van der Waals surface area contributed by atoms with Gasteiger partial charge in [-0.25, -0.2) is 9.59 Å². The standard InChI is InChI=1S/C12H20N2O5/c1-18-9(11(15)16)6-13-12(17)14-8-4-5-19-10(8)7-2-3-7/h7-10H,2-6H2,1H3,(H,15,16)(H2,13,14,17). The molecule has 0 bridgehead atoms. The Hall–Kier alpha value is -1.34. The first kappa shape index (κ1) is 14.1. The van der Waals surface area contributed by atoms with E-state index in [4.69, 9.17) is 14.6 Å². The average molecular weight is 272 g/mol. The van der Waals surface area contributed by atoms with Crippen LogP contribution in [-0.2, 0) is 14.3 Å². The SMILES string of the molecule is COC(CNC(=O)NC1CCOC1C1CC1)C(=O)O. The van der Waals surface area contributed by atoms with E-state index in [0.717, 1.165) is 19.3 Å². The largest absolute Gasteiger partial charge is 0.479 e. The van der Waals surface area contributed by atoms with Crippen LogP contribution in [0.25, 0.3) is 0 Å². The molecular formula is C12H20N2O5. The third-order valence-electron chi connectivity index (χ3n) is 3.55. The zero-order valence-electron chi connectivity index (χ0n) is 10.9. The number of methoxy groups -OCH3 is 1. The maximum Gasteiger partial charge on any atom is 0.334 e. The van der Waals surface area contributed by atoms with Gasteiger partial charge in [-0.3, -0.25) is 0 Å². The van der Waals surface area contributed by atoms with E-state index in [1.807, 2.05) is 0 Å². The van der Waals surface area contributed by atoms with Gasteiger partial charge in [0.15, 0.2) is 6.10 Å². The maximum atomic E-state index is 11.7. The second-order valence-electron chi connectivity index (χ2n) is 4.98. The van der Waals surface area contributed by atoms with Crippen LogP contribution in [-0.4, -0.2) is 55.6 Å². The summed E-state index contributed by atoms with van der Waals surface area (Å²) < 4.78 is 10.3. The molecule has 7 nitrogen and oxygen atoms in total. The lowest BCUT2D eigenvalue weighted by Crippen LogP contribution is -2.49. The molecule has 7 heteroatoms. The van der Waals surface area contributed by atoms with Gasteiger partial charge in [0.05, 0.1) is 18.7 Å². The van der Waals surface area contributed by atoms with Gasteiger partial charge < -0.3 is 25.2 Å². The predicted octanol–water partition coefficient (Wildman–Crippen LogP) is -0.0473. The fourth-order valence-electron chi connectivity index (χ4n) is 2.33. The van der Waals surface area contributed by atoms with E-state index in [9.17, 15) is 9.59 Å². The number of hydrogen-bond donors (Lipinski definition) is 3. The maximum absolute atomic E-state index is 11.7. The van der Waals surface area contributed by atoms with Crippen molar-refractivity contribution in [3.63, 3.8) is 0 Å². The molecule has 3 unspecified atom stereocenters. The van der Waals surface area contributed by atoms with Crippen LogP contribution in [0.4, 0.5) is 4.79 Å². The van der Waals surface area contributed by atoms with Crippen LogP contribution in [0.3, 0.4) is 0 Å². The zero-order valence-corrected chi connectivity index (χ0v) is 10.9. The van der Waals surface area contributed by atoms with E-state index in [2.05, 4.69) is 10.6 Å². The Labute approximate surface area is 111 Å². The van der Waals surface area contributed by atoms with Crippen LogP contribution in [0.15, 0.2) is 0 Å². The second kappa shape index (κ2) is 6.21. The lowest BCUT2D eigenvalue weighted by Gasteiger charge is -2.20. The molecule has 19 heavy (non-hydrogen) atoms. The van der Waals surface area contributed by atoms with Gasteiger partial charge in [0.2, 0.25) is 0 Å². The summed E-state index contributed by atoms with van der Waals surface area (Å²) >= 11 is 0. The number of carboxylic acids is 1. The highest BCUT2D eigenvalue weighted by molar-refractivity contribution is 5.77. The molecule has 0 spiro atoms. The molecule has 0 radical (unpaired) electrons. The van der Waals surface area contributed by atoms with Gasteiger partial charge in [-0.05, 0) is 25.2 Å². The lowest BCUT2D eigenvalue weighted by atomic mass is 10.1. The Morgan fingerprint density at radius 1 is 1.42 bits per heavy atom. The highest BCUT2D eigenvalue weighted by Gasteiger charge is 2.41. The molecule has 2 fully saturated rings. The summed E-state index contributed by atoms with van der Waals surface area (Å²) in [5.74, 6) is -0.526. The number of rotatable bonds is 6. The van der Waals surface area contributed by atoms with Gasteiger partial charge in [0, 0.05) is 13.7 Å². The molecule has 0 aromatic carbocycles. The number of aliphatic carboxylic acids is 1. The third kappa shape index (κ3) is 3.81. The highest BCUT2D eigenvalue weighted by Crippen LogP contribution is 2.38. The van der Waals surface area contributed by atoms with Crippen LogP contribution in [0.1, 0.15) is 19.3 Å². The summed E-state index contributed by atoms with van der Waals surface area (Å²) in [6, 6.07) is -0.345. The molecule has 2 rings (SSSR count). The minimum atomic E-state index is -1.09. The first-order chi connectivity index (χ1) is 9.11. The minimum Gasteiger partial charge on any atom is -0.479 e. The monoisotopic (exact) mass is 272 g/mol. The van der Waals surface area contributed by atoms with Gasteiger partial charge in [-0.1, -0.05) is 0 Å². The molecule has 0 aromatic heterocycles. The Balaban J connectivity index is 1.73. The topological polar surface area (TPSA) is 96.9 Å². The van der Waals surface area contributed by atoms with Crippen molar-refractivity contribution >= 4 is 12.0 Å². The molecule has 1 saturated heterocycles. The molecule has 2 amide bonds. The van der Waals surface area contributed by atoms with Gasteiger partial charge in [-0.2, -0.15) is 0 Å². The number of carboxylic acid groups (broad SMARTS) is 1. The van der Waals surface area contributed by atoms with Crippen molar-refractivity contribution in [2.75, 3.05) is 20.3 Å². The predicted molar refractivity (Wildman–Crippen MR) is 65.8 cm³/mol. The molecule has 0 aromatic rings. The van der Waals surface area contributed by atoms with Crippen LogP contribution in [0.2, 0.25) is 0 Å². The normalized spacial score (nSPS) is 27.8. The summed E-state index contributed by atoms with van der Waals surface area (Å²) in [5, 5.41) is 14.1. The smallest absolute Gasteiger partial charge is 0.334 e. The third-order valence-corrected chi connectivity index (χ3v) is 3.55. The molecule has 108 valence electrons. The minimum absolute atomic E-state index is 0.0262. The van der Waals surface area contributed by atoms with E-state index < -0.39 is 12.1 Å². The van der Waals surface area contributed by atoms with Gasteiger partial charge in [0.25, 0.3) is 0 Å². The van der Waals surface area contributed by atoms with Crippen LogP contribution in [0, 0.1) is 5.92 Å². The number of carbonyl (C=O) groups is 2. The number of urea groups is 1. The van der Waals surface area contributed by atoms with E-state index >= 15 is 0 Å². The summed E-state index contributed by atoms with van der Waals surface area (Å²) in [5.41, 5.74) is 0. The van der Waals surface area contributed by atoms with Crippen molar-refractivity contribution in [2.45, 2.75) is 37.5 Å². The van der Waals surface area contributed by atoms with Crippen LogP contribution in [0.5, 0.6) is 0 Å². The summed E-state index contributed by atoms with van der Waals surface area (Å²) in [7, 11) is 1.30. The van der Waals surface area contributed by atoms with Crippen molar-refractivity contribution in [1.29, 1.82) is 0 Å². The Bertz CT molecular complexity index is 345. The van der Waals surface area contributed by atoms with Crippen LogP contribution >= 0.6 is 0 Å². The quantitative estimate of drug-likeness (QED) is 0.630. The van der Waals surface area contributed by atoms with Crippen molar-refractivity contribution in [1.82, 2.24) is 10.6 Å². The van der Waals surface area contributed by atoms with Gasteiger partial charge >= 0.3 is 12.0 Å². The molecule has 1 heterocycles. The Morgan fingerprint density at radius 3 is 2.74 bits per heavy atom. The van der Waals surface area contributed by atoms with Gasteiger partial charge in [0.1, 0.15) is 0 Å². The number of ether oxygens (including phenoxy) is 2. The van der Waals surface area contributed by atoms with E-state index in [-0.39, 0.29) is 24.7 Å². The fraction of sp³-hybridized carbons (Fsp3) is 0.833. The molecule has 3 atom stereocenters. The first-order valence-electron chi connectivity index (χ1n) is 6.53. The van der Waals surface area contributed by atoms with Crippen molar-refractivity contribution in [3.8, 4) is 0 Å². The second-order valence-corrected chi connectivity index (χ2v) is 4.98. The number of amides is 2. The summed E-state index contributed by atoms with van der Waals surface area (Å²) in [6.45, 7) is 0.612. The van der Waals surface area contributed by atoms with Crippen LogP contribution < -0.4 is 10.6 Å².